The first-order valence-corrected chi connectivity index (χ1v) is 9.35. The van der Waals surface area contributed by atoms with Crippen LogP contribution in [0.2, 0.25) is 0 Å². The molecule has 7 nitrogen and oxygen atoms in total. The van der Waals surface area contributed by atoms with Gasteiger partial charge in [0.05, 0.1) is 11.9 Å². The summed E-state index contributed by atoms with van der Waals surface area (Å²) in [5.41, 5.74) is 1.86. The van der Waals surface area contributed by atoms with Crippen molar-refractivity contribution in [3.8, 4) is 22.2 Å². The highest BCUT2D eigenvalue weighted by atomic mass is 32.1. The molecular weight excluding hydrogens is 376 g/mol. The molecule has 0 bridgehead atoms. The maximum absolute atomic E-state index is 12.5. The summed E-state index contributed by atoms with van der Waals surface area (Å²) in [6.45, 7) is 0.0647. The van der Waals surface area contributed by atoms with E-state index in [1.165, 1.54) is 11.3 Å². The Morgan fingerprint density at radius 2 is 2.04 bits per heavy atom. The Hall–Kier alpha value is -3.52. The van der Waals surface area contributed by atoms with Crippen LogP contribution in [0.1, 0.15) is 16.1 Å². The number of aromatic nitrogens is 4. The predicted molar refractivity (Wildman–Crippen MR) is 104 cm³/mol. The molecular formula is C20H16N4O3S. The van der Waals surface area contributed by atoms with Crippen molar-refractivity contribution in [2.75, 3.05) is 0 Å². The molecule has 4 rings (SSSR count). The Kier molecular flexibility index (Phi) is 5.11. The number of hydrogen-bond donors (Lipinski definition) is 0. The van der Waals surface area contributed by atoms with Gasteiger partial charge in [0.2, 0.25) is 5.88 Å². The minimum absolute atomic E-state index is 0.0647. The minimum Gasteiger partial charge on any atom is -0.455 e. The van der Waals surface area contributed by atoms with Gasteiger partial charge in [0.1, 0.15) is 22.9 Å². The number of benzene rings is 1. The van der Waals surface area contributed by atoms with Gasteiger partial charge in [-0.25, -0.2) is 14.8 Å². The number of carbonyl (C=O) groups is 1. The normalized spacial score (nSPS) is 10.6. The number of pyridine rings is 1. The molecule has 0 atom stereocenters. The lowest BCUT2D eigenvalue weighted by Crippen LogP contribution is -2.08. The molecule has 0 amide bonds. The average Bonchev–Trinajstić information content (AvgIpc) is 3.36. The van der Waals surface area contributed by atoms with Gasteiger partial charge in [-0.1, -0.05) is 18.2 Å². The van der Waals surface area contributed by atoms with Crippen molar-refractivity contribution in [2.45, 2.75) is 6.61 Å². The summed E-state index contributed by atoms with van der Waals surface area (Å²) in [7, 11) is 1.85. The third-order valence-electron chi connectivity index (χ3n) is 3.80. The fourth-order valence-corrected chi connectivity index (χ4v) is 3.26. The monoisotopic (exact) mass is 392 g/mol. The summed E-state index contributed by atoms with van der Waals surface area (Å²) >= 11 is 1.48. The average molecular weight is 392 g/mol. The van der Waals surface area contributed by atoms with E-state index in [4.69, 9.17) is 9.47 Å². The van der Waals surface area contributed by atoms with Crippen LogP contribution in [0.3, 0.4) is 0 Å². The third-order valence-corrected chi connectivity index (χ3v) is 4.74. The Morgan fingerprint density at radius 1 is 1.18 bits per heavy atom. The molecule has 140 valence electrons. The second kappa shape index (κ2) is 8.01. The molecule has 0 aliphatic carbocycles. The van der Waals surface area contributed by atoms with Gasteiger partial charge in [0.15, 0.2) is 0 Å². The van der Waals surface area contributed by atoms with Crippen LogP contribution < -0.4 is 4.74 Å². The lowest BCUT2D eigenvalue weighted by molar-refractivity contribution is 0.0465. The molecule has 0 spiro atoms. The minimum atomic E-state index is -0.519. The number of esters is 1. The molecule has 0 saturated carbocycles. The topological polar surface area (TPSA) is 79.1 Å². The van der Waals surface area contributed by atoms with E-state index in [0.717, 1.165) is 10.6 Å². The summed E-state index contributed by atoms with van der Waals surface area (Å²) in [4.78, 5) is 21.2. The standard InChI is InChI=1S/C20H16N4O3S/c1-24-11-14(10-22-24)19-23-15(13-28-19)12-26-20(25)17-8-5-9-21-18(17)27-16-6-3-2-4-7-16/h2-11,13H,12H2,1H3. The van der Waals surface area contributed by atoms with Crippen LogP contribution >= 0.6 is 11.3 Å². The van der Waals surface area contributed by atoms with Crippen LogP contribution in [0.25, 0.3) is 10.6 Å². The van der Waals surface area contributed by atoms with Gasteiger partial charge >= 0.3 is 5.97 Å². The molecule has 3 aromatic heterocycles. The maximum atomic E-state index is 12.5. The lowest BCUT2D eigenvalue weighted by Gasteiger charge is -2.09. The van der Waals surface area contributed by atoms with Crippen molar-refractivity contribution in [3.63, 3.8) is 0 Å². The van der Waals surface area contributed by atoms with E-state index in [0.29, 0.717) is 11.4 Å². The molecule has 4 aromatic rings. The molecule has 8 heteroatoms. The number of para-hydroxylation sites is 1. The van der Waals surface area contributed by atoms with Gasteiger partial charge in [-0.3, -0.25) is 4.68 Å². The smallest absolute Gasteiger partial charge is 0.344 e. The fourth-order valence-electron chi connectivity index (χ4n) is 2.48. The van der Waals surface area contributed by atoms with Crippen LogP contribution in [0.15, 0.2) is 66.4 Å². The zero-order valence-electron chi connectivity index (χ0n) is 15.0. The van der Waals surface area contributed by atoms with Gasteiger partial charge in [-0.05, 0) is 24.3 Å². The zero-order valence-corrected chi connectivity index (χ0v) is 15.8. The first-order valence-electron chi connectivity index (χ1n) is 8.47. The number of ether oxygens (including phenoxy) is 2. The van der Waals surface area contributed by atoms with Crippen LogP contribution in [-0.4, -0.2) is 25.7 Å². The lowest BCUT2D eigenvalue weighted by atomic mass is 10.2. The van der Waals surface area contributed by atoms with Crippen molar-refractivity contribution in [1.29, 1.82) is 0 Å². The molecule has 0 aliphatic heterocycles. The quantitative estimate of drug-likeness (QED) is 0.460. The van der Waals surface area contributed by atoms with Crippen molar-refractivity contribution >= 4 is 17.3 Å². The number of aryl methyl sites for hydroxylation is 1. The highest BCUT2D eigenvalue weighted by Crippen LogP contribution is 2.25. The number of carbonyl (C=O) groups excluding carboxylic acids is 1. The van der Waals surface area contributed by atoms with E-state index in [2.05, 4.69) is 15.1 Å². The molecule has 1 aromatic carbocycles. The van der Waals surface area contributed by atoms with Crippen LogP contribution in [0.5, 0.6) is 11.6 Å². The maximum Gasteiger partial charge on any atom is 0.344 e. The third kappa shape index (κ3) is 4.07. The molecule has 0 N–H and O–H groups in total. The van der Waals surface area contributed by atoms with Gasteiger partial charge in [-0.2, -0.15) is 5.10 Å². The molecule has 0 radical (unpaired) electrons. The summed E-state index contributed by atoms with van der Waals surface area (Å²) in [6.07, 6.45) is 5.20. The summed E-state index contributed by atoms with van der Waals surface area (Å²) in [5, 5.41) is 6.83. The Balaban J connectivity index is 1.44. The van der Waals surface area contributed by atoms with Crippen molar-refractivity contribution in [1.82, 2.24) is 19.7 Å². The number of thiazole rings is 1. The van der Waals surface area contributed by atoms with Gasteiger partial charge in [0.25, 0.3) is 0 Å². The molecule has 3 heterocycles. The van der Waals surface area contributed by atoms with E-state index in [1.807, 2.05) is 36.8 Å². The van der Waals surface area contributed by atoms with Crippen molar-refractivity contribution in [3.05, 3.63) is 77.7 Å². The SMILES string of the molecule is Cn1cc(-c2nc(COC(=O)c3cccnc3Oc3ccccc3)cs2)cn1. The van der Waals surface area contributed by atoms with E-state index in [-0.39, 0.29) is 18.1 Å². The number of hydrogen-bond acceptors (Lipinski definition) is 7. The Morgan fingerprint density at radius 3 is 2.82 bits per heavy atom. The van der Waals surface area contributed by atoms with Crippen LogP contribution in [-0.2, 0) is 18.4 Å². The summed E-state index contributed by atoms with van der Waals surface area (Å²) in [6, 6.07) is 12.4. The number of rotatable bonds is 6. The second-order valence-corrected chi connectivity index (χ2v) is 6.75. The Bertz CT molecular complexity index is 1090. The largest absolute Gasteiger partial charge is 0.455 e. The highest BCUT2D eigenvalue weighted by Gasteiger charge is 2.17. The van der Waals surface area contributed by atoms with Crippen molar-refractivity contribution < 1.29 is 14.3 Å². The predicted octanol–water partition coefficient (Wildman–Crippen LogP) is 4.09. The second-order valence-electron chi connectivity index (χ2n) is 5.89. The highest BCUT2D eigenvalue weighted by molar-refractivity contribution is 7.13. The van der Waals surface area contributed by atoms with E-state index in [1.54, 1.807) is 41.3 Å². The molecule has 0 saturated heterocycles. The molecule has 0 aliphatic rings. The van der Waals surface area contributed by atoms with Crippen molar-refractivity contribution in [2.24, 2.45) is 7.05 Å². The van der Waals surface area contributed by atoms with E-state index < -0.39 is 5.97 Å². The molecule has 28 heavy (non-hydrogen) atoms. The molecule has 0 fully saturated rings. The summed E-state index contributed by atoms with van der Waals surface area (Å²) in [5.74, 6) is 0.277. The van der Waals surface area contributed by atoms with E-state index >= 15 is 0 Å². The first kappa shape index (κ1) is 17.9. The zero-order chi connectivity index (χ0) is 19.3. The van der Waals surface area contributed by atoms with Gasteiger partial charge < -0.3 is 9.47 Å². The number of nitrogens with zero attached hydrogens (tertiary/aromatic N) is 4. The van der Waals surface area contributed by atoms with Crippen LogP contribution in [0.4, 0.5) is 0 Å². The van der Waals surface area contributed by atoms with E-state index in [9.17, 15) is 4.79 Å². The van der Waals surface area contributed by atoms with Gasteiger partial charge in [-0.15, -0.1) is 11.3 Å². The van der Waals surface area contributed by atoms with Gasteiger partial charge in [0, 0.05) is 30.4 Å². The fraction of sp³-hybridized carbons (Fsp3) is 0.100. The summed E-state index contributed by atoms with van der Waals surface area (Å²) < 4.78 is 12.8. The first-order chi connectivity index (χ1) is 13.7. The van der Waals surface area contributed by atoms with Crippen LogP contribution in [0, 0.1) is 0 Å². The molecule has 0 unspecified atom stereocenters. The Labute approximate surface area is 165 Å².